The van der Waals surface area contributed by atoms with E-state index in [9.17, 15) is 0 Å². The van der Waals surface area contributed by atoms with Gasteiger partial charge in [-0.25, -0.2) is 0 Å². The zero-order valence-corrected chi connectivity index (χ0v) is 11.5. The summed E-state index contributed by atoms with van der Waals surface area (Å²) in [6, 6.07) is 10.1. The van der Waals surface area contributed by atoms with Gasteiger partial charge in [-0.1, -0.05) is 31.2 Å². The molecule has 1 heterocycles. The van der Waals surface area contributed by atoms with Crippen LogP contribution in [0.5, 0.6) is 0 Å². The van der Waals surface area contributed by atoms with Gasteiger partial charge in [-0.2, -0.15) is 0 Å². The minimum atomic E-state index is 0.523. The third-order valence-electron chi connectivity index (χ3n) is 4.80. The number of benzene rings is 1. The number of likely N-dealkylation sites (N-methyl/N-ethyl adjacent to an activating group) is 1. The molecule has 1 N–H and O–H groups in total. The van der Waals surface area contributed by atoms with E-state index in [1.807, 2.05) is 0 Å². The molecule has 98 valence electrons. The summed E-state index contributed by atoms with van der Waals surface area (Å²) in [6.45, 7) is 4.94. The Morgan fingerprint density at radius 2 is 1.89 bits per heavy atom. The largest absolute Gasteiger partial charge is 0.312 e. The van der Waals surface area contributed by atoms with Crippen molar-refractivity contribution in [3.8, 4) is 0 Å². The second kappa shape index (κ2) is 5.02. The molecule has 1 fully saturated rings. The van der Waals surface area contributed by atoms with Crippen molar-refractivity contribution < 1.29 is 0 Å². The third kappa shape index (κ3) is 2.08. The van der Waals surface area contributed by atoms with Crippen LogP contribution in [0.2, 0.25) is 0 Å². The van der Waals surface area contributed by atoms with Gasteiger partial charge in [0.2, 0.25) is 0 Å². The molecule has 1 saturated heterocycles. The molecule has 0 saturated carbocycles. The van der Waals surface area contributed by atoms with Crippen LogP contribution in [0.15, 0.2) is 24.3 Å². The van der Waals surface area contributed by atoms with Crippen molar-refractivity contribution in [2.24, 2.45) is 5.92 Å². The fraction of sp³-hybridized carbons (Fsp3) is 0.625. The van der Waals surface area contributed by atoms with E-state index in [-0.39, 0.29) is 0 Å². The van der Waals surface area contributed by atoms with Crippen LogP contribution in [-0.2, 0) is 6.42 Å². The highest BCUT2D eigenvalue weighted by molar-refractivity contribution is 5.37. The van der Waals surface area contributed by atoms with Crippen molar-refractivity contribution in [3.05, 3.63) is 35.4 Å². The van der Waals surface area contributed by atoms with Crippen molar-refractivity contribution >= 4 is 0 Å². The van der Waals surface area contributed by atoms with Gasteiger partial charge in [0.05, 0.1) is 0 Å². The Hall–Kier alpha value is -0.860. The molecule has 1 aliphatic heterocycles. The van der Waals surface area contributed by atoms with Gasteiger partial charge >= 0.3 is 0 Å². The van der Waals surface area contributed by atoms with E-state index in [4.69, 9.17) is 0 Å². The quantitative estimate of drug-likeness (QED) is 0.860. The lowest BCUT2D eigenvalue weighted by Gasteiger charge is -2.37. The zero-order valence-electron chi connectivity index (χ0n) is 11.5. The molecule has 18 heavy (non-hydrogen) atoms. The first kappa shape index (κ1) is 12.2. The Labute approximate surface area is 110 Å². The van der Waals surface area contributed by atoms with Crippen LogP contribution in [0.25, 0.3) is 0 Å². The standard InChI is InChI=1S/C16H24N2/c1-12-7-9-18(10-8-12)15-11-13-5-3-4-6-14(13)16(15)17-2/h3-6,12,15-17H,7-11H2,1-2H3. The Balaban J connectivity index is 1.79. The second-order valence-electron chi connectivity index (χ2n) is 5.96. The van der Waals surface area contributed by atoms with E-state index in [1.165, 1.54) is 37.9 Å². The summed E-state index contributed by atoms with van der Waals surface area (Å²) in [5.41, 5.74) is 3.06. The van der Waals surface area contributed by atoms with Crippen LogP contribution < -0.4 is 5.32 Å². The minimum absolute atomic E-state index is 0.523. The molecule has 0 aromatic heterocycles. The van der Waals surface area contributed by atoms with Gasteiger partial charge in [-0.15, -0.1) is 0 Å². The maximum Gasteiger partial charge on any atom is 0.0481 e. The smallest absolute Gasteiger partial charge is 0.0481 e. The summed E-state index contributed by atoms with van der Waals surface area (Å²) >= 11 is 0. The normalized spacial score (nSPS) is 29.4. The molecule has 2 unspecified atom stereocenters. The van der Waals surface area contributed by atoms with E-state index in [0.717, 1.165) is 5.92 Å². The molecule has 1 aromatic rings. The molecule has 2 atom stereocenters. The van der Waals surface area contributed by atoms with Gasteiger partial charge in [0.25, 0.3) is 0 Å². The first-order valence-electron chi connectivity index (χ1n) is 7.28. The lowest BCUT2D eigenvalue weighted by molar-refractivity contribution is 0.120. The van der Waals surface area contributed by atoms with Crippen molar-refractivity contribution in [2.75, 3.05) is 20.1 Å². The van der Waals surface area contributed by atoms with Gasteiger partial charge in [0, 0.05) is 12.1 Å². The topological polar surface area (TPSA) is 15.3 Å². The Bertz CT molecular complexity index is 407. The predicted octanol–water partition coefficient (Wildman–Crippen LogP) is 2.60. The Morgan fingerprint density at radius 1 is 1.17 bits per heavy atom. The number of rotatable bonds is 2. The molecular weight excluding hydrogens is 220 g/mol. The number of likely N-dealkylation sites (tertiary alicyclic amines) is 1. The van der Waals surface area contributed by atoms with Gasteiger partial charge in [0.1, 0.15) is 0 Å². The molecule has 0 radical (unpaired) electrons. The lowest BCUT2D eigenvalue weighted by Crippen LogP contribution is -2.45. The second-order valence-corrected chi connectivity index (χ2v) is 5.96. The van der Waals surface area contributed by atoms with Crippen molar-refractivity contribution in [1.29, 1.82) is 0 Å². The van der Waals surface area contributed by atoms with E-state index in [0.29, 0.717) is 12.1 Å². The number of piperidine rings is 1. The summed E-state index contributed by atoms with van der Waals surface area (Å²) in [6.07, 6.45) is 3.95. The predicted molar refractivity (Wildman–Crippen MR) is 75.7 cm³/mol. The van der Waals surface area contributed by atoms with E-state index in [1.54, 1.807) is 5.56 Å². The fourth-order valence-corrected chi connectivity index (χ4v) is 3.62. The highest BCUT2D eigenvalue weighted by Gasteiger charge is 2.36. The van der Waals surface area contributed by atoms with E-state index in [2.05, 4.69) is 48.5 Å². The molecule has 2 nitrogen and oxygen atoms in total. The maximum absolute atomic E-state index is 3.54. The average molecular weight is 244 g/mol. The van der Waals surface area contributed by atoms with Crippen LogP contribution in [0.1, 0.15) is 36.9 Å². The lowest BCUT2D eigenvalue weighted by atomic mass is 9.96. The highest BCUT2D eigenvalue weighted by Crippen LogP contribution is 2.35. The molecule has 1 aliphatic carbocycles. The molecule has 0 amide bonds. The molecule has 0 spiro atoms. The van der Waals surface area contributed by atoms with E-state index >= 15 is 0 Å². The number of nitrogens with zero attached hydrogens (tertiary/aromatic N) is 1. The number of fused-ring (bicyclic) bond motifs is 1. The molecular formula is C16H24N2. The maximum atomic E-state index is 3.54. The molecule has 3 rings (SSSR count). The van der Waals surface area contributed by atoms with Gasteiger partial charge in [0.15, 0.2) is 0 Å². The molecule has 0 bridgehead atoms. The van der Waals surface area contributed by atoms with Crippen LogP contribution in [0.4, 0.5) is 0 Å². The molecule has 1 aromatic carbocycles. The summed E-state index contributed by atoms with van der Waals surface area (Å²) < 4.78 is 0. The minimum Gasteiger partial charge on any atom is -0.312 e. The zero-order chi connectivity index (χ0) is 12.5. The third-order valence-corrected chi connectivity index (χ3v) is 4.80. The number of hydrogen-bond donors (Lipinski definition) is 1. The fourth-order valence-electron chi connectivity index (χ4n) is 3.62. The number of hydrogen-bond acceptors (Lipinski definition) is 2. The average Bonchev–Trinajstić information content (AvgIpc) is 2.78. The van der Waals surface area contributed by atoms with Crippen LogP contribution >= 0.6 is 0 Å². The molecule has 2 heteroatoms. The SMILES string of the molecule is CNC1c2ccccc2CC1N1CCC(C)CC1. The molecule has 2 aliphatic rings. The monoisotopic (exact) mass is 244 g/mol. The highest BCUT2D eigenvalue weighted by atomic mass is 15.2. The first-order valence-corrected chi connectivity index (χ1v) is 7.28. The summed E-state index contributed by atoms with van der Waals surface area (Å²) in [5, 5.41) is 3.54. The van der Waals surface area contributed by atoms with Gasteiger partial charge in [-0.3, -0.25) is 4.90 Å². The Kier molecular flexibility index (Phi) is 3.40. The van der Waals surface area contributed by atoms with Crippen LogP contribution in [-0.4, -0.2) is 31.1 Å². The summed E-state index contributed by atoms with van der Waals surface area (Å²) in [7, 11) is 2.10. The number of nitrogens with one attached hydrogen (secondary N) is 1. The van der Waals surface area contributed by atoms with Gasteiger partial charge < -0.3 is 5.32 Å². The first-order chi connectivity index (χ1) is 8.79. The van der Waals surface area contributed by atoms with Crippen molar-refractivity contribution in [3.63, 3.8) is 0 Å². The van der Waals surface area contributed by atoms with Crippen LogP contribution in [0, 0.1) is 5.92 Å². The van der Waals surface area contributed by atoms with Crippen LogP contribution in [0.3, 0.4) is 0 Å². The van der Waals surface area contributed by atoms with Crippen molar-refractivity contribution in [2.45, 2.75) is 38.3 Å². The van der Waals surface area contributed by atoms with Gasteiger partial charge in [-0.05, 0) is 56.4 Å². The Morgan fingerprint density at radius 3 is 2.61 bits per heavy atom. The summed E-state index contributed by atoms with van der Waals surface area (Å²) in [5.74, 6) is 0.915. The van der Waals surface area contributed by atoms with E-state index < -0.39 is 0 Å². The van der Waals surface area contributed by atoms with Crippen molar-refractivity contribution in [1.82, 2.24) is 10.2 Å². The summed E-state index contributed by atoms with van der Waals surface area (Å²) in [4.78, 5) is 2.71.